The van der Waals surface area contributed by atoms with Gasteiger partial charge in [0.2, 0.25) is 5.95 Å². The lowest BCUT2D eigenvalue weighted by Crippen LogP contribution is -2.36. The lowest BCUT2D eigenvalue weighted by Gasteiger charge is -2.25. The molecule has 0 bridgehead atoms. The Morgan fingerprint density at radius 3 is 3.06 bits per heavy atom. The molecule has 17 heavy (non-hydrogen) atoms. The zero-order chi connectivity index (χ0) is 11.9. The summed E-state index contributed by atoms with van der Waals surface area (Å²) in [5.41, 5.74) is 0.400. The zero-order valence-corrected chi connectivity index (χ0v) is 10.4. The van der Waals surface area contributed by atoms with Crippen molar-refractivity contribution in [1.29, 1.82) is 5.26 Å². The minimum absolute atomic E-state index is 0.400. The maximum atomic E-state index is 8.71. The van der Waals surface area contributed by atoms with E-state index in [1.807, 2.05) is 17.8 Å². The first-order valence-corrected chi connectivity index (χ1v) is 6.81. The molecule has 0 radical (unpaired) electrons. The number of hydrogen-bond acceptors (Lipinski definition) is 6. The fourth-order valence-corrected chi connectivity index (χ4v) is 2.64. The molecule has 0 atom stereocenters. The quantitative estimate of drug-likeness (QED) is 0.852. The van der Waals surface area contributed by atoms with Gasteiger partial charge in [0.1, 0.15) is 11.8 Å². The van der Waals surface area contributed by atoms with Crippen LogP contribution in [0.3, 0.4) is 0 Å². The van der Waals surface area contributed by atoms with Crippen molar-refractivity contribution in [2.45, 2.75) is 0 Å². The molecule has 2 rings (SSSR count). The molecule has 2 heterocycles. The second-order valence-corrected chi connectivity index (χ2v) is 4.98. The summed E-state index contributed by atoms with van der Waals surface area (Å²) in [4.78, 5) is 10.6. The van der Waals surface area contributed by atoms with Gasteiger partial charge in [-0.15, -0.1) is 0 Å². The van der Waals surface area contributed by atoms with Crippen molar-refractivity contribution in [3.63, 3.8) is 0 Å². The van der Waals surface area contributed by atoms with E-state index in [1.54, 1.807) is 12.3 Å². The number of nitriles is 1. The predicted molar refractivity (Wildman–Crippen MR) is 69.0 cm³/mol. The molecule has 90 valence electrons. The van der Waals surface area contributed by atoms with Gasteiger partial charge >= 0.3 is 0 Å². The van der Waals surface area contributed by atoms with E-state index in [-0.39, 0.29) is 0 Å². The molecule has 6 heteroatoms. The normalized spacial score (nSPS) is 16.4. The van der Waals surface area contributed by atoms with E-state index in [0.717, 1.165) is 26.2 Å². The largest absolute Gasteiger partial charge is 0.353 e. The third-order valence-electron chi connectivity index (χ3n) is 2.58. The van der Waals surface area contributed by atoms with Crippen LogP contribution in [0.1, 0.15) is 5.69 Å². The smallest absolute Gasteiger partial charge is 0.223 e. The highest BCUT2D eigenvalue weighted by atomic mass is 32.2. The summed E-state index contributed by atoms with van der Waals surface area (Å²) in [6.07, 6.45) is 1.60. The van der Waals surface area contributed by atoms with Crippen LogP contribution in [-0.2, 0) is 0 Å². The van der Waals surface area contributed by atoms with Gasteiger partial charge in [0, 0.05) is 43.9 Å². The highest BCUT2D eigenvalue weighted by molar-refractivity contribution is 7.99. The van der Waals surface area contributed by atoms with Gasteiger partial charge in [0.15, 0.2) is 0 Å². The Kier molecular flexibility index (Phi) is 4.59. The Hall–Kier alpha value is -1.32. The Morgan fingerprint density at radius 1 is 1.47 bits per heavy atom. The van der Waals surface area contributed by atoms with Gasteiger partial charge in [-0.25, -0.2) is 9.97 Å². The maximum absolute atomic E-state index is 8.71. The van der Waals surface area contributed by atoms with Crippen molar-refractivity contribution in [2.75, 3.05) is 43.0 Å². The van der Waals surface area contributed by atoms with Gasteiger partial charge < -0.3 is 5.32 Å². The number of thioether (sulfide) groups is 1. The molecule has 1 aromatic rings. The van der Waals surface area contributed by atoms with Crippen LogP contribution in [0.5, 0.6) is 0 Å². The predicted octanol–water partition coefficient (Wildman–Crippen LogP) is 0.809. The van der Waals surface area contributed by atoms with E-state index in [9.17, 15) is 0 Å². The van der Waals surface area contributed by atoms with Gasteiger partial charge in [-0.1, -0.05) is 0 Å². The molecule has 1 aromatic heterocycles. The summed E-state index contributed by atoms with van der Waals surface area (Å²) < 4.78 is 0. The second-order valence-electron chi connectivity index (χ2n) is 3.76. The third kappa shape index (κ3) is 3.88. The second kappa shape index (κ2) is 6.42. The molecule has 0 saturated carbocycles. The average Bonchev–Trinajstić information content (AvgIpc) is 2.40. The average molecular weight is 249 g/mol. The van der Waals surface area contributed by atoms with E-state index < -0.39 is 0 Å². The maximum Gasteiger partial charge on any atom is 0.223 e. The highest BCUT2D eigenvalue weighted by Crippen LogP contribution is 2.08. The molecule has 1 aliphatic heterocycles. The van der Waals surface area contributed by atoms with E-state index in [0.29, 0.717) is 11.6 Å². The van der Waals surface area contributed by atoms with Gasteiger partial charge in [0.05, 0.1) is 0 Å². The number of nitrogens with one attached hydrogen (secondary N) is 1. The lowest BCUT2D eigenvalue weighted by molar-refractivity contribution is 0.314. The Morgan fingerprint density at radius 2 is 2.29 bits per heavy atom. The van der Waals surface area contributed by atoms with E-state index in [4.69, 9.17) is 5.26 Å². The van der Waals surface area contributed by atoms with Gasteiger partial charge in [-0.2, -0.15) is 17.0 Å². The molecule has 1 aliphatic rings. The number of nitrogens with zero attached hydrogens (tertiary/aromatic N) is 4. The lowest BCUT2D eigenvalue weighted by atomic mass is 10.4. The van der Waals surface area contributed by atoms with Crippen LogP contribution < -0.4 is 5.32 Å². The van der Waals surface area contributed by atoms with E-state index in [2.05, 4.69) is 20.2 Å². The fraction of sp³-hybridized carbons (Fsp3) is 0.545. The number of anilines is 1. The van der Waals surface area contributed by atoms with E-state index >= 15 is 0 Å². The molecule has 0 unspecified atom stereocenters. The van der Waals surface area contributed by atoms with Crippen LogP contribution in [-0.4, -0.2) is 52.6 Å². The summed E-state index contributed by atoms with van der Waals surface area (Å²) in [5.74, 6) is 2.98. The highest BCUT2D eigenvalue weighted by Gasteiger charge is 2.09. The van der Waals surface area contributed by atoms with Crippen molar-refractivity contribution in [3.05, 3.63) is 18.0 Å². The molecule has 0 amide bonds. The standard InChI is InChI=1S/C11H15N5S/c12-9-10-1-2-13-11(15-10)14-3-4-16-5-7-17-8-6-16/h1-2H,3-8H2,(H,13,14,15). The first-order chi connectivity index (χ1) is 8.38. The summed E-state index contributed by atoms with van der Waals surface area (Å²) in [5, 5.41) is 11.9. The molecule has 1 saturated heterocycles. The Labute approximate surface area is 105 Å². The molecule has 0 spiro atoms. The Bertz CT molecular complexity index is 397. The summed E-state index contributed by atoms with van der Waals surface area (Å²) in [6.45, 7) is 4.14. The van der Waals surface area contributed by atoms with Crippen LogP contribution in [0.4, 0.5) is 5.95 Å². The van der Waals surface area contributed by atoms with Crippen LogP contribution in [0.25, 0.3) is 0 Å². The van der Waals surface area contributed by atoms with Crippen molar-refractivity contribution in [1.82, 2.24) is 14.9 Å². The number of rotatable bonds is 4. The van der Waals surface area contributed by atoms with Crippen LogP contribution in [0.2, 0.25) is 0 Å². The van der Waals surface area contributed by atoms with Crippen molar-refractivity contribution in [2.24, 2.45) is 0 Å². The van der Waals surface area contributed by atoms with Crippen molar-refractivity contribution >= 4 is 17.7 Å². The van der Waals surface area contributed by atoms with Gasteiger partial charge in [-0.05, 0) is 6.07 Å². The van der Waals surface area contributed by atoms with E-state index in [1.165, 1.54) is 11.5 Å². The molecule has 0 aliphatic carbocycles. The first-order valence-electron chi connectivity index (χ1n) is 5.65. The summed E-state index contributed by atoms with van der Waals surface area (Å²) >= 11 is 2.01. The summed E-state index contributed by atoms with van der Waals surface area (Å²) in [6, 6.07) is 3.61. The number of aromatic nitrogens is 2. The minimum atomic E-state index is 0.400. The molecular weight excluding hydrogens is 234 g/mol. The van der Waals surface area contributed by atoms with Crippen LogP contribution >= 0.6 is 11.8 Å². The van der Waals surface area contributed by atoms with Crippen molar-refractivity contribution in [3.8, 4) is 6.07 Å². The zero-order valence-electron chi connectivity index (χ0n) is 9.59. The van der Waals surface area contributed by atoms with Gasteiger partial charge in [-0.3, -0.25) is 4.90 Å². The number of hydrogen-bond donors (Lipinski definition) is 1. The van der Waals surface area contributed by atoms with Crippen LogP contribution in [0.15, 0.2) is 12.3 Å². The SMILES string of the molecule is N#Cc1ccnc(NCCN2CCSCC2)n1. The monoisotopic (exact) mass is 249 g/mol. The first kappa shape index (κ1) is 12.1. The third-order valence-corrected chi connectivity index (χ3v) is 3.53. The van der Waals surface area contributed by atoms with Crippen molar-refractivity contribution < 1.29 is 0 Å². The fourth-order valence-electron chi connectivity index (χ4n) is 1.66. The molecule has 1 N–H and O–H groups in total. The molecule has 0 aromatic carbocycles. The topological polar surface area (TPSA) is 64.8 Å². The molecule has 1 fully saturated rings. The summed E-state index contributed by atoms with van der Waals surface area (Å²) in [7, 11) is 0. The molecule has 5 nitrogen and oxygen atoms in total. The van der Waals surface area contributed by atoms with Gasteiger partial charge in [0.25, 0.3) is 0 Å². The minimum Gasteiger partial charge on any atom is -0.353 e. The molecular formula is C11H15N5S. The van der Waals surface area contributed by atoms with Crippen LogP contribution in [0, 0.1) is 11.3 Å². The Balaban J connectivity index is 1.75.